The molecule has 7 heteroatoms. The van der Waals surface area contributed by atoms with E-state index in [0.29, 0.717) is 5.56 Å². The predicted octanol–water partition coefficient (Wildman–Crippen LogP) is 3.23. The van der Waals surface area contributed by atoms with Crippen molar-refractivity contribution in [3.63, 3.8) is 0 Å². The molecule has 1 amide bonds. The second-order valence-corrected chi connectivity index (χ2v) is 6.68. The number of nitrogens with zero attached hydrogens (tertiary/aromatic N) is 2. The Kier molecular flexibility index (Phi) is 6.02. The summed E-state index contributed by atoms with van der Waals surface area (Å²) in [6.45, 7) is 4.93. The van der Waals surface area contributed by atoms with Crippen molar-refractivity contribution in [1.29, 1.82) is 0 Å². The van der Waals surface area contributed by atoms with Crippen LogP contribution in [0.3, 0.4) is 0 Å². The summed E-state index contributed by atoms with van der Waals surface area (Å²) < 4.78 is 2.12. The van der Waals surface area contributed by atoms with E-state index >= 15 is 0 Å². The van der Waals surface area contributed by atoms with Crippen LogP contribution in [0.4, 0.5) is 11.5 Å². The van der Waals surface area contributed by atoms with E-state index in [0.717, 1.165) is 60.6 Å². The third-order valence-electron chi connectivity index (χ3n) is 4.85. The van der Waals surface area contributed by atoms with E-state index in [1.807, 2.05) is 48.5 Å². The topological polar surface area (TPSA) is 66.4 Å². The average molecular weight is 399 g/mol. The largest absolute Gasteiger partial charge is 0.355 e. The fraction of sp³-hybridized carbons (Fsp3) is 0.238. The van der Waals surface area contributed by atoms with Gasteiger partial charge in [0.1, 0.15) is 5.82 Å². The van der Waals surface area contributed by atoms with Gasteiger partial charge in [0.25, 0.3) is 0 Å². The van der Waals surface area contributed by atoms with Crippen molar-refractivity contribution in [2.45, 2.75) is 6.92 Å². The van der Waals surface area contributed by atoms with Gasteiger partial charge in [0.05, 0.1) is 11.1 Å². The Hall–Kier alpha value is -2.83. The lowest BCUT2D eigenvalue weighted by Crippen LogP contribution is -2.44. The van der Waals surface area contributed by atoms with Gasteiger partial charge < -0.3 is 15.5 Å². The molecule has 4 rings (SSSR count). The number of benzene rings is 2. The van der Waals surface area contributed by atoms with Crippen molar-refractivity contribution < 1.29 is 9.59 Å². The third-order valence-corrected chi connectivity index (χ3v) is 4.85. The van der Waals surface area contributed by atoms with Crippen molar-refractivity contribution >= 4 is 47.0 Å². The summed E-state index contributed by atoms with van der Waals surface area (Å²) in [6.07, 6.45) is 0.952. The van der Waals surface area contributed by atoms with Gasteiger partial charge in [-0.25, -0.2) is 0 Å². The Labute approximate surface area is 169 Å². The summed E-state index contributed by atoms with van der Waals surface area (Å²) in [5, 5.41) is 7.13. The van der Waals surface area contributed by atoms with Gasteiger partial charge in [0.2, 0.25) is 5.91 Å². The van der Waals surface area contributed by atoms with Crippen molar-refractivity contribution in [3.05, 3.63) is 54.1 Å². The molecule has 6 nitrogen and oxygen atoms in total. The van der Waals surface area contributed by atoms with E-state index in [2.05, 4.69) is 20.1 Å². The lowest BCUT2D eigenvalue weighted by Gasteiger charge is -2.31. The lowest BCUT2D eigenvalue weighted by atomic mass is 10.2. The minimum atomic E-state index is -0.111. The molecule has 2 aromatic carbocycles. The highest BCUT2D eigenvalue weighted by Gasteiger charge is 2.24. The number of aldehydes is 1. The first-order valence-corrected chi connectivity index (χ1v) is 9.11. The maximum absolute atomic E-state index is 12.0. The lowest BCUT2D eigenvalue weighted by molar-refractivity contribution is -0.114. The molecule has 0 spiro atoms. The molecule has 2 N–H and O–H groups in total. The smallest absolute Gasteiger partial charge is 0.221 e. The molecule has 1 fully saturated rings. The van der Waals surface area contributed by atoms with E-state index in [9.17, 15) is 9.59 Å². The molecule has 0 saturated carbocycles. The highest BCUT2D eigenvalue weighted by Crippen LogP contribution is 2.35. The molecular weight excluding hydrogens is 376 g/mol. The SMILES string of the molecule is CC(=O)Nc1cccc(-n2c(N3CCNCC3)c(C=O)c3ccccc32)c1.Cl. The van der Waals surface area contributed by atoms with Crippen LogP contribution in [-0.2, 0) is 4.79 Å². The van der Waals surface area contributed by atoms with Gasteiger partial charge in [-0.15, -0.1) is 12.4 Å². The fourth-order valence-corrected chi connectivity index (χ4v) is 3.74. The number of piperazine rings is 1. The highest BCUT2D eigenvalue weighted by atomic mass is 35.5. The normalized spacial score (nSPS) is 13.8. The van der Waals surface area contributed by atoms with Gasteiger partial charge in [0.15, 0.2) is 6.29 Å². The first-order valence-electron chi connectivity index (χ1n) is 9.11. The van der Waals surface area contributed by atoms with Gasteiger partial charge in [-0.05, 0) is 24.3 Å². The van der Waals surface area contributed by atoms with E-state index in [1.165, 1.54) is 6.92 Å². The van der Waals surface area contributed by atoms with Crippen LogP contribution in [0, 0.1) is 0 Å². The molecule has 3 aromatic rings. The summed E-state index contributed by atoms with van der Waals surface area (Å²) >= 11 is 0. The van der Waals surface area contributed by atoms with E-state index < -0.39 is 0 Å². The number of anilines is 2. The average Bonchev–Trinajstić information content (AvgIpc) is 3.02. The molecule has 146 valence electrons. The number of amides is 1. The van der Waals surface area contributed by atoms with Crippen LogP contribution in [0.5, 0.6) is 0 Å². The number of carbonyl (C=O) groups is 2. The molecule has 2 heterocycles. The number of hydrogen-bond donors (Lipinski definition) is 2. The Bertz CT molecular complexity index is 1010. The van der Waals surface area contributed by atoms with Crippen LogP contribution in [0.2, 0.25) is 0 Å². The van der Waals surface area contributed by atoms with Crippen molar-refractivity contribution in [2.24, 2.45) is 0 Å². The Morgan fingerprint density at radius 1 is 1.11 bits per heavy atom. The molecule has 0 aliphatic carbocycles. The number of aromatic nitrogens is 1. The van der Waals surface area contributed by atoms with Crippen LogP contribution in [0.1, 0.15) is 17.3 Å². The van der Waals surface area contributed by atoms with Gasteiger partial charge >= 0.3 is 0 Å². The minimum Gasteiger partial charge on any atom is -0.355 e. The Morgan fingerprint density at radius 3 is 2.57 bits per heavy atom. The third kappa shape index (κ3) is 3.61. The molecular formula is C21H23ClN4O2. The molecule has 0 bridgehead atoms. The first-order chi connectivity index (χ1) is 13.2. The number of carbonyl (C=O) groups excluding carboxylic acids is 2. The number of rotatable bonds is 4. The van der Waals surface area contributed by atoms with Crippen molar-refractivity contribution in [3.8, 4) is 5.69 Å². The van der Waals surface area contributed by atoms with E-state index in [1.54, 1.807) is 0 Å². The zero-order valence-corrected chi connectivity index (χ0v) is 16.5. The van der Waals surface area contributed by atoms with Crippen LogP contribution >= 0.6 is 12.4 Å². The highest BCUT2D eigenvalue weighted by molar-refractivity contribution is 6.05. The summed E-state index contributed by atoms with van der Waals surface area (Å²) in [6, 6.07) is 15.7. The zero-order chi connectivity index (χ0) is 18.8. The molecule has 0 atom stereocenters. The second kappa shape index (κ2) is 8.46. The quantitative estimate of drug-likeness (QED) is 0.662. The number of hydrogen-bond acceptors (Lipinski definition) is 4. The second-order valence-electron chi connectivity index (χ2n) is 6.68. The van der Waals surface area contributed by atoms with Crippen LogP contribution in [-0.4, -0.2) is 42.9 Å². The maximum Gasteiger partial charge on any atom is 0.221 e. The molecule has 1 aliphatic rings. The molecule has 1 aliphatic heterocycles. The van der Waals surface area contributed by atoms with Crippen molar-refractivity contribution in [2.75, 3.05) is 36.4 Å². The Morgan fingerprint density at radius 2 is 1.86 bits per heavy atom. The summed E-state index contributed by atoms with van der Waals surface area (Å²) in [7, 11) is 0. The van der Waals surface area contributed by atoms with Crippen LogP contribution in [0.25, 0.3) is 16.6 Å². The van der Waals surface area contributed by atoms with Crippen LogP contribution < -0.4 is 15.5 Å². The summed E-state index contributed by atoms with van der Waals surface area (Å²) in [5.41, 5.74) is 3.33. The van der Waals surface area contributed by atoms with E-state index in [4.69, 9.17) is 0 Å². The van der Waals surface area contributed by atoms with Gasteiger partial charge in [0, 0.05) is 49.9 Å². The molecule has 1 saturated heterocycles. The summed E-state index contributed by atoms with van der Waals surface area (Å²) in [4.78, 5) is 25.7. The Balaban J connectivity index is 0.00000225. The van der Waals surface area contributed by atoms with Gasteiger partial charge in [-0.2, -0.15) is 0 Å². The van der Waals surface area contributed by atoms with E-state index in [-0.39, 0.29) is 18.3 Å². The number of nitrogens with one attached hydrogen (secondary N) is 2. The molecule has 0 unspecified atom stereocenters. The number of para-hydroxylation sites is 1. The van der Waals surface area contributed by atoms with Crippen LogP contribution in [0.15, 0.2) is 48.5 Å². The standard InChI is InChI=1S/C21H22N4O2.ClH/c1-15(27)23-16-5-4-6-17(13-16)25-20-8-3-2-7-18(20)19(14-26)21(25)24-11-9-22-10-12-24;/h2-8,13-14,22H,9-12H2,1H3,(H,23,27);1H. The number of fused-ring (bicyclic) bond motifs is 1. The maximum atomic E-state index is 12.0. The van der Waals surface area contributed by atoms with Crippen molar-refractivity contribution in [1.82, 2.24) is 9.88 Å². The first kappa shape index (κ1) is 19.9. The molecule has 28 heavy (non-hydrogen) atoms. The molecule has 1 aromatic heterocycles. The fourth-order valence-electron chi connectivity index (χ4n) is 3.74. The minimum absolute atomic E-state index is 0. The molecule has 0 radical (unpaired) electrons. The number of halogens is 1. The van der Waals surface area contributed by atoms with Gasteiger partial charge in [-0.1, -0.05) is 24.3 Å². The zero-order valence-electron chi connectivity index (χ0n) is 15.6. The van der Waals surface area contributed by atoms with Gasteiger partial charge in [-0.3, -0.25) is 14.2 Å². The predicted molar refractivity (Wildman–Crippen MR) is 115 cm³/mol. The summed E-state index contributed by atoms with van der Waals surface area (Å²) in [5.74, 6) is 0.799. The monoisotopic (exact) mass is 398 g/mol.